The Balaban J connectivity index is 1.72. The molecule has 0 unspecified atom stereocenters. The third-order valence-corrected chi connectivity index (χ3v) is 4.80. The van der Waals surface area contributed by atoms with Crippen molar-refractivity contribution in [2.45, 2.75) is 43.2 Å². The summed E-state index contributed by atoms with van der Waals surface area (Å²) in [6.45, 7) is 0. The summed E-state index contributed by atoms with van der Waals surface area (Å²) in [6.07, 6.45) is 10.7. The number of imidazole rings is 1. The molecule has 0 aromatic carbocycles. The van der Waals surface area contributed by atoms with Crippen molar-refractivity contribution in [3.63, 3.8) is 0 Å². The van der Waals surface area contributed by atoms with Gasteiger partial charge >= 0.3 is 0 Å². The van der Waals surface area contributed by atoms with Crippen molar-refractivity contribution >= 4 is 33.5 Å². The number of hydrogen-bond donors (Lipinski definition) is 1. The Morgan fingerprint density at radius 3 is 2.94 bits per heavy atom. The Hall–Kier alpha value is -0.520. The molecule has 3 nitrogen and oxygen atoms in total. The number of pyridine rings is 1. The molecule has 0 bridgehead atoms. The molecule has 2 aromatic heterocycles. The Bertz CT molecular complexity index is 534. The zero-order chi connectivity index (χ0) is 12.4. The molecule has 0 amide bonds. The van der Waals surface area contributed by atoms with Crippen LogP contribution >= 0.6 is 27.9 Å². The number of halogens is 1. The Morgan fingerprint density at radius 1 is 1.28 bits per heavy atom. The fourth-order valence-corrected chi connectivity index (χ4v) is 3.58. The summed E-state index contributed by atoms with van der Waals surface area (Å²) in [5.74, 6) is 0. The minimum atomic E-state index is 0.654. The van der Waals surface area contributed by atoms with Gasteiger partial charge in [-0.2, -0.15) is 0 Å². The SMILES string of the molecule is Brc1ccc2ncc(SNC3CCCCC3)n2c1. The molecule has 96 valence electrons. The van der Waals surface area contributed by atoms with Crippen LogP contribution in [0.5, 0.6) is 0 Å². The second-order valence-electron chi connectivity index (χ2n) is 4.73. The van der Waals surface area contributed by atoms with Crippen LogP contribution < -0.4 is 4.72 Å². The van der Waals surface area contributed by atoms with Crippen LogP contribution in [-0.2, 0) is 0 Å². The maximum Gasteiger partial charge on any atom is 0.137 e. The number of nitrogens with zero attached hydrogens (tertiary/aromatic N) is 2. The predicted molar refractivity (Wildman–Crippen MR) is 78.8 cm³/mol. The highest BCUT2D eigenvalue weighted by Crippen LogP contribution is 2.24. The highest BCUT2D eigenvalue weighted by molar-refractivity contribution is 9.10. The number of rotatable bonds is 3. The van der Waals surface area contributed by atoms with Crippen LogP contribution in [0.15, 0.2) is 34.0 Å². The van der Waals surface area contributed by atoms with E-state index in [1.54, 1.807) is 11.9 Å². The largest absolute Gasteiger partial charge is 0.293 e. The highest BCUT2D eigenvalue weighted by Gasteiger charge is 2.14. The lowest BCUT2D eigenvalue weighted by atomic mass is 9.96. The first-order chi connectivity index (χ1) is 8.83. The molecule has 1 aliphatic carbocycles. The third-order valence-electron chi connectivity index (χ3n) is 3.37. The zero-order valence-electron chi connectivity index (χ0n) is 10.1. The lowest BCUT2D eigenvalue weighted by Crippen LogP contribution is -2.25. The van der Waals surface area contributed by atoms with Gasteiger partial charge in [-0.15, -0.1) is 0 Å². The maximum absolute atomic E-state index is 4.40. The summed E-state index contributed by atoms with van der Waals surface area (Å²) in [4.78, 5) is 4.40. The van der Waals surface area contributed by atoms with Crippen LogP contribution in [0, 0.1) is 0 Å². The molecule has 3 rings (SSSR count). The van der Waals surface area contributed by atoms with Gasteiger partial charge in [-0.05, 0) is 52.9 Å². The van der Waals surface area contributed by atoms with Gasteiger partial charge in [0.25, 0.3) is 0 Å². The van der Waals surface area contributed by atoms with Crippen molar-refractivity contribution in [3.05, 3.63) is 29.0 Å². The molecule has 2 heterocycles. The van der Waals surface area contributed by atoms with E-state index in [9.17, 15) is 0 Å². The van der Waals surface area contributed by atoms with Crippen LogP contribution in [0.2, 0.25) is 0 Å². The van der Waals surface area contributed by atoms with E-state index in [1.807, 2.05) is 18.3 Å². The summed E-state index contributed by atoms with van der Waals surface area (Å²) in [7, 11) is 0. The molecule has 0 spiro atoms. The molecule has 1 saturated carbocycles. The Morgan fingerprint density at radius 2 is 2.11 bits per heavy atom. The first-order valence-electron chi connectivity index (χ1n) is 6.38. The topological polar surface area (TPSA) is 29.3 Å². The van der Waals surface area contributed by atoms with Gasteiger partial charge in [-0.3, -0.25) is 9.12 Å². The van der Waals surface area contributed by atoms with E-state index >= 15 is 0 Å². The fourth-order valence-electron chi connectivity index (χ4n) is 2.37. The predicted octanol–water partition coefficient (Wildman–Crippen LogP) is 4.03. The van der Waals surface area contributed by atoms with E-state index in [1.165, 1.54) is 32.1 Å². The quantitative estimate of drug-likeness (QED) is 0.864. The maximum atomic E-state index is 4.40. The van der Waals surface area contributed by atoms with Crippen molar-refractivity contribution in [1.82, 2.24) is 14.1 Å². The van der Waals surface area contributed by atoms with E-state index in [-0.39, 0.29) is 0 Å². The molecule has 2 aromatic rings. The van der Waals surface area contributed by atoms with Gasteiger partial charge in [0, 0.05) is 16.7 Å². The summed E-state index contributed by atoms with van der Waals surface area (Å²) >= 11 is 5.20. The third kappa shape index (κ3) is 2.73. The molecule has 0 saturated heterocycles. The van der Waals surface area contributed by atoms with E-state index in [4.69, 9.17) is 0 Å². The van der Waals surface area contributed by atoms with Gasteiger partial charge in [-0.1, -0.05) is 19.3 Å². The normalized spacial score (nSPS) is 17.4. The van der Waals surface area contributed by atoms with Gasteiger partial charge in [0.15, 0.2) is 0 Å². The average Bonchev–Trinajstić information content (AvgIpc) is 2.80. The first-order valence-corrected chi connectivity index (χ1v) is 7.99. The van der Waals surface area contributed by atoms with Crippen LogP contribution in [-0.4, -0.2) is 15.4 Å². The molecule has 5 heteroatoms. The van der Waals surface area contributed by atoms with Crippen molar-refractivity contribution < 1.29 is 0 Å². The summed E-state index contributed by atoms with van der Waals surface area (Å²) < 4.78 is 6.77. The van der Waals surface area contributed by atoms with Gasteiger partial charge in [0.05, 0.1) is 6.20 Å². The van der Waals surface area contributed by atoms with Crippen LogP contribution in [0.3, 0.4) is 0 Å². The van der Waals surface area contributed by atoms with Gasteiger partial charge in [-0.25, -0.2) is 4.98 Å². The van der Waals surface area contributed by atoms with Crippen molar-refractivity contribution in [1.29, 1.82) is 0 Å². The minimum Gasteiger partial charge on any atom is -0.293 e. The summed E-state index contributed by atoms with van der Waals surface area (Å²) in [5, 5.41) is 1.15. The fraction of sp³-hybridized carbons (Fsp3) is 0.462. The average molecular weight is 326 g/mol. The van der Waals surface area contributed by atoms with Crippen molar-refractivity contribution in [2.75, 3.05) is 0 Å². The molecule has 1 aliphatic rings. The zero-order valence-corrected chi connectivity index (χ0v) is 12.5. The van der Waals surface area contributed by atoms with Crippen LogP contribution in [0.25, 0.3) is 5.65 Å². The smallest absolute Gasteiger partial charge is 0.137 e. The number of nitrogens with one attached hydrogen (secondary N) is 1. The first kappa shape index (κ1) is 12.5. The van der Waals surface area contributed by atoms with E-state index < -0.39 is 0 Å². The molecule has 0 radical (unpaired) electrons. The summed E-state index contributed by atoms with van der Waals surface area (Å²) in [5.41, 5.74) is 0.992. The molecular weight excluding hydrogens is 310 g/mol. The number of fused-ring (bicyclic) bond motifs is 1. The minimum absolute atomic E-state index is 0.654. The molecule has 0 atom stereocenters. The monoisotopic (exact) mass is 325 g/mol. The molecular formula is C13H16BrN3S. The second-order valence-corrected chi connectivity index (χ2v) is 6.50. The van der Waals surface area contributed by atoms with Gasteiger partial charge < -0.3 is 0 Å². The summed E-state index contributed by atoms with van der Waals surface area (Å²) in [6, 6.07) is 4.70. The standard InChI is InChI=1S/C13H16BrN3S/c14-10-6-7-12-15-8-13(17(12)9-10)18-16-11-4-2-1-3-5-11/h6-9,11,16H,1-5H2. The van der Waals surface area contributed by atoms with Crippen molar-refractivity contribution in [2.24, 2.45) is 0 Å². The lowest BCUT2D eigenvalue weighted by molar-refractivity contribution is 0.423. The van der Waals surface area contributed by atoms with E-state index in [0.29, 0.717) is 6.04 Å². The Labute approximate surface area is 120 Å². The molecule has 1 N–H and O–H groups in total. The van der Waals surface area contributed by atoms with E-state index in [2.05, 4.69) is 36.2 Å². The highest BCUT2D eigenvalue weighted by atomic mass is 79.9. The molecule has 18 heavy (non-hydrogen) atoms. The van der Waals surface area contributed by atoms with Gasteiger partial charge in [0.2, 0.25) is 0 Å². The van der Waals surface area contributed by atoms with Crippen molar-refractivity contribution in [3.8, 4) is 0 Å². The van der Waals surface area contributed by atoms with Crippen LogP contribution in [0.4, 0.5) is 0 Å². The van der Waals surface area contributed by atoms with Gasteiger partial charge in [0.1, 0.15) is 10.7 Å². The Kier molecular flexibility index (Phi) is 3.91. The van der Waals surface area contributed by atoms with Crippen LogP contribution in [0.1, 0.15) is 32.1 Å². The molecule has 0 aliphatic heterocycles. The lowest BCUT2D eigenvalue weighted by Gasteiger charge is -2.21. The number of hydrogen-bond acceptors (Lipinski definition) is 3. The number of aromatic nitrogens is 2. The molecule has 1 fully saturated rings. The second kappa shape index (κ2) is 5.63. The van der Waals surface area contributed by atoms with E-state index in [0.717, 1.165) is 15.1 Å².